The highest BCUT2D eigenvalue weighted by molar-refractivity contribution is 6.33. The molecule has 1 aromatic carbocycles. The molecule has 0 fully saturated rings. The molecule has 66 valence electrons. The maximum atomic E-state index is 12.8. The van der Waals surface area contributed by atoms with Gasteiger partial charge in [-0.1, -0.05) is 0 Å². The summed E-state index contributed by atoms with van der Waals surface area (Å²) < 4.78 is 17.2. The molecule has 0 saturated carbocycles. The van der Waals surface area contributed by atoms with E-state index in [0.717, 1.165) is 6.07 Å². The minimum Gasteiger partial charge on any atom is -0.512 e. The molecule has 0 radical (unpaired) electrons. The third-order valence-corrected chi connectivity index (χ3v) is 1.30. The number of hydrogen-bond donors (Lipinski definition) is 2. The molecule has 13 heavy (non-hydrogen) atoms. The number of benzene rings is 1. The van der Waals surface area contributed by atoms with Crippen molar-refractivity contribution in [1.82, 2.24) is 0 Å². The van der Waals surface area contributed by atoms with Gasteiger partial charge in [0.25, 0.3) is 0 Å². The molecule has 0 aromatic heterocycles. The first-order valence-electron chi connectivity index (χ1n) is 3.36. The van der Waals surface area contributed by atoms with Crippen LogP contribution in [0.15, 0.2) is 18.2 Å². The van der Waals surface area contributed by atoms with E-state index in [4.69, 9.17) is 15.3 Å². The lowest BCUT2D eigenvalue weighted by molar-refractivity contribution is 0.287. The van der Waals surface area contributed by atoms with Crippen molar-refractivity contribution >= 4 is 7.32 Å². The van der Waals surface area contributed by atoms with Gasteiger partial charge in [0.05, 0.1) is 5.56 Å². The molecule has 0 amide bonds. The van der Waals surface area contributed by atoms with Gasteiger partial charge >= 0.3 is 7.32 Å². The zero-order chi connectivity index (χ0) is 9.84. The second-order valence-electron chi connectivity index (χ2n) is 2.20. The summed E-state index contributed by atoms with van der Waals surface area (Å²) in [6, 6.07) is 4.97. The van der Waals surface area contributed by atoms with Crippen molar-refractivity contribution in [3.8, 4) is 11.8 Å². The summed E-state index contributed by atoms with van der Waals surface area (Å²) in [5, 5.41) is 25.1. The molecular weight excluding hydrogens is 176 g/mol. The van der Waals surface area contributed by atoms with Crippen LogP contribution in [0.5, 0.6) is 5.75 Å². The zero-order valence-electron chi connectivity index (χ0n) is 6.44. The number of nitrogens with zero attached hydrogens (tertiary/aromatic N) is 1. The molecule has 0 aliphatic rings. The lowest BCUT2D eigenvalue weighted by Crippen LogP contribution is -2.20. The van der Waals surface area contributed by atoms with Crippen LogP contribution in [0.25, 0.3) is 0 Å². The number of nitriles is 1. The van der Waals surface area contributed by atoms with Crippen LogP contribution in [-0.2, 0) is 0 Å². The Morgan fingerprint density at radius 1 is 1.46 bits per heavy atom. The van der Waals surface area contributed by atoms with Crippen LogP contribution in [0.3, 0.4) is 0 Å². The SMILES string of the molecule is N#Cc1ccc(OB(O)O)cc1F. The van der Waals surface area contributed by atoms with E-state index >= 15 is 0 Å². The highest BCUT2D eigenvalue weighted by Crippen LogP contribution is 2.15. The van der Waals surface area contributed by atoms with Crippen LogP contribution in [0.1, 0.15) is 5.56 Å². The van der Waals surface area contributed by atoms with Gasteiger partial charge in [0.1, 0.15) is 17.6 Å². The van der Waals surface area contributed by atoms with Crippen LogP contribution >= 0.6 is 0 Å². The van der Waals surface area contributed by atoms with Gasteiger partial charge in [-0.05, 0) is 12.1 Å². The number of hydrogen-bond acceptors (Lipinski definition) is 4. The van der Waals surface area contributed by atoms with Crippen molar-refractivity contribution in [2.24, 2.45) is 0 Å². The Morgan fingerprint density at radius 3 is 2.62 bits per heavy atom. The third kappa shape index (κ3) is 2.44. The molecule has 2 N–H and O–H groups in total. The van der Waals surface area contributed by atoms with Crippen molar-refractivity contribution in [2.75, 3.05) is 0 Å². The zero-order valence-corrected chi connectivity index (χ0v) is 6.44. The van der Waals surface area contributed by atoms with Crippen molar-refractivity contribution in [3.63, 3.8) is 0 Å². The fourth-order valence-corrected chi connectivity index (χ4v) is 0.782. The molecule has 0 saturated heterocycles. The highest BCUT2D eigenvalue weighted by atomic mass is 19.1. The third-order valence-electron chi connectivity index (χ3n) is 1.30. The first kappa shape index (κ1) is 9.51. The van der Waals surface area contributed by atoms with E-state index in [9.17, 15) is 4.39 Å². The van der Waals surface area contributed by atoms with Crippen molar-refractivity contribution in [3.05, 3.63) is 29.6 Å². The van der Waals surface area contributed by atoms with Gasteiger partial charge < -0.3 is 14.7 Å². The molecule has 0 bridgehead atoms. The van der Waals surface area contributed by atoms with Gasteiger partial charge in [0.2, 0.25) is 0 Å². The number of halogens is 1. The maximum Gasteiger partial charge on any atom is 0.707 e. The minimum absolute atomic E-state index is 0.0495. The fourth-order valence-electron chi connectivity index (χ4n) is 0.782. The summed E-state index contributed by atoms with van der Waals surface area (Å²) in [5.74, 6) is -0.813. The van der Waals surface area contributed by atoms with E-state index in [0.29, 0.717) is 0 Å². The Kier molecular flexibility index (Phi) is 2.85. The molecule has 4 nitrogen and oxygen atoms in total. The van der Waals surface area contributed by atoms with Gasteiger partial charge in [-0.25, -0.2) is 4.39 Å². The summed E-state index contributed by atoms with van der Waals surface area (Å²) in [7, 11) is -1.99. The maximum absolute atomic E-state index is 12.8. The lowest BCUT2D eigenvalue weighted by atomic mass is 10.2. The normalized spacial score (nSPS) is 9.08. The molecule has 1 rings (SSSR count). The molecule has 0 atom stereocenters. The summed E-state index contributed by atoms with van der Waals surface area (Å²) in [6.07, 6.45) is 0. The molecule has 6 heteroatoms. The second kappa shape index (κ2) is 3.89. The quantitative estimate of drug-likeness (QED) is 0.631. The predicted molar refractivity (Wildman–Crippen MR) is 41.9 cm³/mol. The van der Waals surface area contributed by atoms with Gasteiger partial charge in [0.15, 0.2) is 0 Å². The van der Waals surface area contributed by atoms with E-state index in [1.54, 1.807) is 6.07 Å². The topological polar surface area (TPSA) is 73.5 Å². The molecule has 0 spiro atoms. The van der Waals surface area contributed by atoms with Gasteiger partial charge in [-0.15, -0.1) is 0 Å². The smallest absolute Gasteiger partial charge is 0.512 e. The van der Waals surface area contributed by atoms with E-state index < -0.39 is 13.1 Å². The van der Waals surface area contributed by atoms with E-state index in [-0.39, 0.29) is 11.3 Å². The molecule has 0 unspecified atom stereocenters. The largest absolute Gasteiger partial charge is 0.707 e. The molecule has 0 aliphatic carbocycles. The van der Waals surface area contributed by atoms with E-state index in [1.165, 1.54) is 12.1 Å². The lowest BCUT2D eigenvalue weighted by Gasteiger charge is -2.03. The summed E-state index contributed by atoms with van der Waals surface area (Å²) in [5.41, 5.74) is -0.125. The van der Waals surface area contributed by atoms with Crippen LogP contribution < -0.4 is 4.65 Å². The highest BCUT2D eigenvalue weighted by Gasteiger charge is 2.12. The van der Waals surface area contributed by atoms with Gasteiger partial charge in [-0.3, -0.25) is 0 Å². The summed E-state index contributed by atoms with van der Waals surface area (Å²) in [4.78, 5) is 0. The molecule has 0 heterocycles. The van der Waals surface area contributed by atoms with Crippen molar-refractivity contribution in [2.45, 2.75) is 0 Å². The van der Waals surface area contributed by atoms with Crippen LogP contribution in [0.2, 0.25) is 0 Å². The first-order chi connectivity index (χ1) is 6.13. The fraction of sp³-hybridized carbons (Fsp3) is 0. The Balaban J connectivity index is 2.91. The second-order valence-corrected chi connectivity index (χ2v) is 2.20. The molecule has 0 aliphatic heterocycles. The van der Waals surface area contributed by atoms with Crippen LogP contribution in [0, 0.1) is 17.1 Å². The monoisotopic (exact) mass is 181 g/mol. The van der Waals surface area contributed by atoms with Crippen LogP contribution in [-0.4, -0.2) is 17.4 Å². The van der Waals surface area contributed by atoms with Crippen LogP contribution in [0.4, 0.5) is 4.39 Å². The molecule has 1 aromatic rings. The molecular formula is C7H5BFNO3. The Morgan fingerprint density at radius 2 is 2.15 bits per heavy atom. The Labute approximate surface area is 74.0 Å². The van der Waals surface area contributed by atoms with Crippen molar-refractivity contribution in [1.29, 1.82) is 5.26 Å². The average molecular weight is 181 g/mol. The summed E-state index contributed by atoms with van der Waals surface area (Å²) >= 11 is 0. The average Bonchev–Trinajstić information content (AvgIpc) is 2.03. The Hall–Kier alpha value is -1.58. The Bertz CT molecular complexity index is 350. The summed E-state index contributed by atoms with van der Waals surface area (Å²) in [6.45, 7) is 0. The number of rotatable bonds is 2. The van der Waals surface area contributed by atoms with Gasteiger partial charge in [-0.2, -0.15) is 5.26 Å². The van der Waals surface area contributed by atoms with E-state index in [1.807, 2.05) is 0 Å². The van der Waals surface area contributed by atoms with E-state index in [2.05, 4.69) is 4.65 Å². The standard InChI is InChI=1S/C7H5BFNO3/c9-7-3-6(13-8(11)12)2-1-5(7)4-10/h1-3,11-12H. The minimum atomic E-state index is -1.99. The predicted octanol–water partition coefficient (Wildman–Crippen LogP) is 0.0457. The first-order valence-corrected chi connectivity index (χ1v) is 3.36. The van der Waals surface area contributed by atoms with Gasteiger partial charge in [0, 0.05) is 6.07 Å². The van der Waals surface area contributed by atoms with Crippen molar-refractivity contribution < 1.29 is 19.1 Å².